The van der Waals surface area contributed by atoms with E-state index in [1.165, 1.54) is 12.1 Å². The highest BCUT2D eigenvalue weighted by molar-refractivity contribution is 7.81. The van der Waals surface area contributed by atoms with E-state index in [9.17, 15) is 15.0 Å². The third-order valence-corrected chi connectivity index (χ3v) is 3.02. The largest absolute Gasteiger partial charge is 0.508 e. The Labute approximate surface area is 123 Å². The molecule has 0 fully saturated rings. The summed E-state index contributed by atoms with van der Waals surface area (Å²) in [5.41, 5.74) is 0.641. The minimum Gasteiger partial charge on any atom is -0.508 e. The summed E-state index contributed by atoms with van der Waals surface area (Å²) in [5, 5.41) is 19.5. The van der Waals surface area contributed by atoms with E-state index in [1.54, 1.807) is 12.1 Å². The number of aliphatic hydroxyl groups excluding tert-OH is 1. The molecule has 0 bridgehead atoms. The molecule has 0 aliphatic rings. The van der Waals surface area contributed by atoms with Crippen molar-refractivity contribution < 1.29 is 24.5 Å². The number of carbonyl (C=O) groups is 1. The molecule has 0 saturated carbocycles. The number of aliphatic hydroxyl groups is 1. The van der Waals surface area contributed by atoms with Crippen LogP contribution in [0.15, 0.2) is 24.3 Å². The van der Waals surface area contributed by atoms with E-state index in [1.807, 2.05) is 6.92 Å². The number of phenolic OH excluding ortho intramolecular Hbond substituents is 1. The van der Waals surface area contributed by atoms with Gasteiger partial charge in [-0.05, 0) is 24.6 Å². The smallest absolute Gasteiger partial charge is 0.315 e. The minimum absolute atomic E-state index is 0.0276. The van der Waals surface area contributed by atoms with Crippen molar-refractivity contribution in [2.75, 3.05) is 19.0 Å². The molecule has 0 spiro atoms. The van der Waals surface area contributed by atoms with E-state index in [0.29, 0.717) is 18.6 Å². The van der Waals surface area contributed by atoms with Crippen LogP contribution in [0.25, 0.3) is 0 Å². The summed E-state index contributed by atoms with van der Waals surface area (Å²) in [5.74, 6) is -0.237. The van der Waals surface area contributed by atoms with E-state index in [-0.39, 0.29) is 18.1 Å². The van der Waals surface area contributed by atoms with Gasteiger partial charge in [0.15, 0.2) is 0 Å². The first-order chi connectivity index (χ1) is 9.58. The van der Waals surface area contributed by atoms with Gasteiger partial charge < -0.3 is 19.7 Å². The van der Waals surface area contributed by atoms with Crippen LogP contribution in [0.1, 0.15) is 25.0 Å². The van der Waals surface area contributed by atoms with Crippen LogP contribution < -0.4 is 0 Å². The first-order valence-electron chi connectivity index (χ1n) is 6.43. The van der Waals surface area contributed by atoms with Crippen molar-refractivity contribution in [3.8, 4) is 5.75 Å². The maximum atomic E-state index is 11.0. The number of rotatable bonds is 8. The van der Waals surface area contributed by atoms with Gasteiger partial charge in [0.05, 0.1) is 18.5 Å². The first-order valence-corrected chi connectivity index (χ1v) is 7.06. The molecule has 0 aromatic heterocycles. The summed E-state index contributed by atoms with van der Waals surface area (Å²) in [6, 6.07) is 6.27. The number of hydrogen-bond acceptors (Lipinski definition) is 6. The van der Waals surface area contributed by atoms with Gasteiger partial charge in [-0.1, -0.05) is 12.1 Å². The molecule has 6 heteroatoms. The Kier molecular flexibility index (Phi) is 7.43. The van der Waals surface area contributed by atoms with Crippen LogP contribution in [0.4, 0.5) is 0 Å². The van der Waals surface area contributed by atoms with Crippen LogP contribution in [-0.4, -0.2) is 41.3 Å². The third kappa shape index (κ3) is 5.40. The molecule has 0 aliphatic heterocycles. The molecular weight excluding hydrogens is 280 g/mol. The number of aromatic hydroxyl groups is 1. The molecular formula is C14H20O5S. The van der Waals surface area contributed by atoms with Crippen LogP contribution in [0.5, 0.6) is 5.75 Å². The average Bonchev–Trinajstić information content (AvgIpc) is 2.46. The molecule has 112 valence electrons. The lowest BCUT2D eigenvalue weighted by molar-refractivity contribution is -0.142. The number of hydrogen-bond donors (Lipinski definition) is 3. The van der Waals surface area contributed by atoms with Crippen molar-refractivity contribution >= 4 is 18.6 Å². The first kappa shape index (κ1) is 16.8. The number of thiol groups is 1. The van der Waals surface area contributed by atoms with Gasteiger partial charge in [0.2, 0.25) is 0 Å². The van der Waals surface area contributed by atoms with E-state index in [4.69, 9.17) is 9.47 Å². The SMILES string of the molecule is CCO[C@@H](CCOC(=O)CS)[C@@H](O)c1ccc(O)cc1. The van der Waals surface area contributed by atoms with Crippen LogP contribution in [0, 0.1) is 0 Å². The zero-order valence-corrected chi connectivity index (χ0v) is 12.3. The lowest BCUT2D eigenvalue weighted by atomic mass is 10.0. The molecule has 0 unspecified atom stereocenters. The van der Waals surface area contributed by atoms with Crippen LogP contribution in [0.2, 0.25) is 0 Å². The van der Waals surface area contributed by atoms with Crippen molar-refractivity contribution in [1.82, 2.24) is 0 Å². The van der Waals surface area contributed by atoms with Crippen molar-refractivity contribution in [3.63, 3.8) is 0 Å². The lowest BCUT2D eigenvalue weighted by Gasteiger charge is -2.23. The van der Waals surface area contributed by atoms with Gasteiger partial charge in [0.25, 0.3) is 0 Å². The van der Waals surface area contributed by atoms with Crippen molar-refractivity contribution in [2.24, 2.45) is 0 Å². The molecule has 2 N–H and O–H groups in total. The van der Waals surface area contributed by atoms with Gasteiger partial charge in [-0.25, -0.2) is 0 Å². The van der Waals surface area contributed by atoms with Crippen LogP contribution in [0.3, 0.4) is 0 Å². The van der Waals surface area contributed by atoms with Crippen molar-refractivity contribution in [1.29, 1.82) is 0 Å². The summed E-state index contributed by atoms with van der Waals surface area (Å²) in [7, 11) is 0. The molecule has 2 atom stereocenters. The summed E-state index contributed by atoms with van der Waals surface area (Å²) in [6.45, 7) is 2.44. The molecule has 1 aromatic carbocycles. The Balaban J connectivity index is 2.59. The highest BCUT2D eigenvalue weighted by atomic mass is 32.1. The fraction of sp³-hybridized carbons (Fsp3) is 0.500. The van der Waals surface area contributed by atoms with Crippen molar-refractivity contribution in [2.45, 2.75) is 25.6 Å². The van der Waals surface area contributed by atoms with E-state index < -0.39 is 18.2 Å². The lowest BCUT2D eigenvalue weighted by Crippen LogP contribution is -2.25. The molecule has 1 aromatic rings. The topological polar surface area (TPSA) is 76.0 Å². The second kappa shape index (κ2) is 8.84. The second-order valence-corrected chi connectivity index (χ2v) is 4.51. The number of phenols is 1. The van der Waals surface area contributed by atoms with Gasteiger partial charge in [-0.2, -0.15) is 12.6 Å². The number of benzene rings is 1. The average molecular weight is 300 g/mol. The summed E-state index contributed by atoms with van der Waals surface area (Å²) in [4.78, 5) is 11.0. The van der Waals surface area contributed by atoms with E-state index in [0.717, 1.165) is 0 Å². The predicted octanol–water partition coefficient (Wildman–Crippen LogP) is 1.69. The molecule has 0 amide bonds. The molecule has 1 rings (SSSR count). The Morgan fingerprint density at radius 2 is 2.00 bits per heavy atom. The van der Waals surface area contributed by atoms with Crippen molar-refractivity contribution in [3.05, 3.63) is 29.8 Å². The third-order valence-electron chi connectivity index (χ3n) is 2.76. The van der Waals surface area contributed by atoms with Gasteiger partial charge in [-0.15, -0.1) is 0 Å². The van der Waals surface area contributed by atoms with Gasteiger partial charge in [-0.3, -0.25) is 4.79 Å². The number of esters is 1. The maximum Gasteiger partial charge on any atom is 0.315 e. The van der Waals surface area contributed by atoms with Crippen LogP contribution in [-0.2, 0) is 14.3 Å². The maximum absolute atomic E-state index is 11.0. The Hall–Kier alpha value is -1.24. The highest BCUT2D eigenvalue weighted by Gasteiger charge is 2.21. The summed E-state index contributed by atoms with van der Waals surface area (Å²) in [6.07, 6.45) is -0.933. The highest BCUT2D eigenvalue weighted by Crippen LogP contribution is 2.23. The van der Waals surface area contributed by atoms with Gasteiger partial charge in [0, 0.05) is 13.0 Å². The Morgan fingerprint density at radius 1 is 1.35 bits per heavy atom. The van der Waals surface area contributed by atoms with Gasteiger partial charge >= 0.3 is 5.97 Å². The fourth-order valence-corrected chi connectivity index (χ4v) is 1.86. The number of carbonyl (C=O) groups excluding carboxylic acids is 1. The monoisotopic (exact) mass is 300 g/mol. The molecule has 0 radical (unpaired) electrons. The zero-order chi connectivity index (χ0) is 15.0. The number of ether oxygens (including phenoxy) is 2. The van der Waals surface area contributed by atoms with Crippen LogP contribution >= 0.6 is 12.6 Å². The van der Waals surface area contributed by atoms with E-state index >= 15 is 0 Å². The summed E-state index contributed by atoms with van der Waals surface area (Å²) >= 11 is 3.81. The molecule has 5 nitrogen and oxygen atoms in total. The Morgan fingerprint density at radius 3 is 2.55 bits per heavy atom. The fourth-order valence-electron chi connectivity index (χ4n) is 1.77. The standard InChI is InChI=1S/C14H20O5S/c1-2-18-12(7-8-19-13(16)9-20)14(17)10-3-5-11(15)6-4-10/h3-6,12,14-15,17,20H,2,7-9H2,1H3/t12-,14-/m0/s1. The summed E-state index contributed by atoms with van der Waals surface area (Å²) < 4.78 is 10.4. The predicted molar refractivity (Wildman–Crippen MR) is 77.9 cm³/mol. The Bertz CT molecular complexity index is 407. The quantitative estimate of drug-likeness (QED) is 0.503. The van der Waals surface area contributed by atoms with E-state index in [2.05, 4.69) is 12.6 Å². The van der Waals surface area contributed by atoms with Gasteiger partial charge in [0.1, 0.15) is 11.9 Å². The molecule has 20 heavy (non-hydrogen) atoms. The molecule has 0 aliphatic carbocycles. The second-order valence-electron chi connectivity index (χ2n) is 4.20. The normalized spacial score (nSPS) is 13.8. The zero-order valence-electron chi connectivity index (χ0n) is 11.4. The minimum atomic E-state index is -0.842. The molecule has 0 heterocycles. The molecule has 0 saturated heterocycles.